The molecule has 0 spiro atoms. The molecule has 13 heavy (non-hydrogen) atoms. The second kappa shape index (κ2) is 5.59. The van der Waals surface area contributed by atoms with Gasteiger partial charge in [0.25, 0.3) is 0 Å². The highest BCUT2D eigenvalue weighted by Crippen LogP contribution is 2.11. The first-order valence-electron chi connectivity index (χ1n) is 4.01. The average molecular weight is 196 g/mol. The van der Waals surface area contributed by atoms with Gasteiger partial charge in [-0.15, -0.1) is 11.8 Å². The van der Waals surface area contributed by atoms with Gasteiger partial charge in [0.1, 0.15) is 6.33 Å². The van der Waals surface area contributed by atoms with Gasteiger partial charge < -0.3 is 4.74 Å². The van der Waals surface area contributed by atoms with Crippen LogP contribution in [-0.4, -0.2) is 22.8 Å². The van der Waals surface area contributed by atoms with E-state index in [1.165, 1.54) is 0 Å². The number of rotatable bonds is 4. The third-order valence-electron chi connectivity index (χ3n) is 1.37. The van der Waals surface area contributed by atoms with Crippen LogP contribution in [0.5, 0.6) is 0 Å². The lowest BCUT2D eigenvalue weighted by molar-refractivity contribution is 0.272. The highest BCUT2D eigenvalue weighted by Gasteiger charge is 1.92. The Morgan fingerprint density at radius 3 is 3.08 bits per heavy atom. The first kappa shape index (κ1) is 10.1. The van der Waals surface area contributed by atoms with E-state index in [2.05, 4.69) is 9.97 Å². The van der Waals surface area contributed by atoms with Crippen molar-refractivity contribution in [3.63, 3.8) is 0 Å². The van der Waals surface area contributed by atoms with Crippen molar-refractivity contribution in [1.82, 2.24) is 9.97 Å². The fraction of sp³-hybridized carbons (Fsp3) is 0.333. The summed E-state index contributed by atoms with van der Waals surface area (Å²) in [6.07, 6.45) is 7.01. The van der Waals surface area contributed by atoms with Crippen LogP contribution >= 0.6 is 11.8 Å². The molecular formula is C9H12N2OS. The molecule has 0 saturated carbocycles. The smallest absolute Gasteiger partial charge is 0.117 e. The van der Waals surface area contributed by atoms with Crippen LogP contribution in [0.4, 0.5) is 0 Å². The summed E-state index contributed by atoms with van der Waals surface area (Å²) in [5.41, 5.74) is 0.868. The Hall–Kier alpha value is -1.03. The quantitative estimate of drug-likeness (QED) is 0.420. The zero-order valence-electron chi connectivity index (χ0n) is 7.73. The summed E-state index contributed by atoms with van der Waals surface area (Å²) >= 11 is 1.60. The van der Waals surface area contributed by atoms with Gasteiger partial charge in [0.15, 0.2) is 0 Å². The molecule has 0 aliphatic rings. The molecule has 0 atom stereocenters. The Balaban J connectivity index is 2.66. The molecule has 70 valence electrons. The SMILES string of the molecule is CCO/C=C/c1cc(SC)ncn1. The third-order valence-corrected chi connectivity index (χ3v) is 2.02. The predicted molar refractivity (Wildman–Crippen MR) is 54.5 cm³/mol. The van der Waals surface area contributed by atoms with Gasteiger partial charge in [-0.1, -0.05) is 0 Å². The van der Waals surface area contributed by atoms with Crippen LogP contribution in [0.2, 0.25) is 0 Å². The second-order valence-electron chi connectivity index (χ2n) is 2.24. The molecule has 0 radical (unpaired) electrons. The van der Waals surface area contributed by atoms with Crippen LogP contribution in [-0.2, 0) is 4.74 Å². The Labute approximate surface area is 82.2 Å². The molecule has 1 aromatic heterocycles. The standard InChI is InChI=1S/C9H12N2OS/c1-3-12-5-4-8-6-9(13-2)11-7-10-8/h4-7H,3H2,1-2H3/b5-4+. The molecule has 3 nitrogen and oxygen atoms in total. The van der Waals surface area contributed by atoms with Crippen LogP contribution in [0.1, 0.15) is 12.6 Å². The van der Waals surface area contributed by atoms with Gasteiger partial charge in [0, 0.05) is 0 Å². The van der Waals surface area contributed by atoms with E-state index >= 15 is 0 Å². The summed E-state index contributed by atoms with van der Waals surface area (Å²) in [5, 5.41) is 0.964. The van der Waals surface area contributed by atoms with Gasteiger partial charge in [-0.3, -0.25) is 0 Å². The van der Waals surface area contributed by atoms with Crippen molar-refractivity contribution < 1.29 is 4.74 Å². The molecule has 0 saturated heterocycles. The third kappa shape index (κ3) is 3.46. The maximum atomic E-state index is 5.06. The molecule has 4 heteroatoms. The monoisotopic (exact) mass is 196 g/mol. The van der Waals surface area contributed by atoms with Gasteiger partial charge in [-0.05, 0) is 25.3 Å². The van der Waals surface area contributed by atoms with Crippen molar-refractivity contribution in [2.45, 2.75) is 11.9 Å². The summed E-state index contributed by atoms with van der Waals surface area (Å²) in [4.78, 5) is 8.13. The topological polar surface area (TPSA) is 35.0 Å². The molecule has 1 aromatic rings. The Bertz CT molecular complexity index is 289. The van der Waals surface area contributed by atoms with E-state index in [9.17, 15) is 0 Å². The summed E-state index contributed by atoms with van der Waals surface area (Å²) < 4.78 is 5.06. The van der Waals surface area contributed by atoms with Crippen molar-refractivity contribution >= 4 is 17.8 Å². The normalized spacial score (nSPS) is 10.6. The average Bonchev–Trinajstić information content (AvgIpc) is 2.19. The van der Waals surface area contributed by atoms with E-state index in [0.29, 0.717) is 6.61 Å². The van der Waals surface area contributed by atoms with Crippen LogP contribution in [0.15, 0.2) is 23.7 Å². The van der Waals surface area contributed by atoms with E-state index in [4.69, 9.17) is 4.74 Å². The van der Waals surface area contributed by atoms with Gasteiger partial charge in [-0.2, -0.15) is 0 Å². The maximum absolute atomic E-state index is 5.06. The molecule has 1 rings (SSSR count). The molecule has 0 amide bonds. The Kier molecular flexibility index (Phi) is 4.32. The van der Waals surface area contributed by atoms with Crippen LogP contribution in [0.3, 0.4) is 0 Å². The van der Waals surface area contributed by atoms with Crippen molar-refractivity contribution in [2.24, 2.45) is 0 Å². The van der Waals surface area contributed by atoms with Crippen molar-refractivity contribution in [3.8, 4) is 0 Å². The minimum atomic E-state index is 0.678. The largest absolute Gasteiger partial charge is 0.501 e. The summed E-state index contributed by atoms with van der Waals surface area (Å²) in [6.45, 7) is 2.62. The first-order valence-corrected chi connectivity index (χ1v) is 5.23. The van der Waals surface area contributed by atoms with Crippen molar-refractivity contribution in [1.29, 1.82) is 0 Å². The number of nitrogens with zero attached hydrogens (tertiary/aromatic N) is 2. The molecule has 0 aliphatic heterocycles. The van der Waals surface area contributed by atoms with Crippen molar-refractivity contribution in [2.75, 3.05) is 12.9 Å². The highest BCUT2D eigenvalue weighted by molar-refractivity contribution is 7.98. The lowest BCUT2D eigenvalue weighted by atomic mass is 10.4. The van der Waals surface area contributed by atoms with Crippen LogP contribution < -0.4 is 0 Å². The minimum Gasteiger partial charge on any atom is -0.501 e. The predicted octanol–water partition coefficient (Wildman–Crippen LogP) is 2.21. The number of thioether (sulfide) groups is 1. The lowest BCUT2D eigenvalue weighted by Crippen LogP contribution is -1.85. The lowest BCUT2D eigenvalue weighted by Gasteiger charge is -1.96. The Morgan fingerprint density at radius 1 is 1.54 bits per heavy atom. The fourth-order valence-electron chi connectivity index (χ4n) is 0.770. The van der Waals surface area contributed by atoms with E-state index < -0.39 is 0 Å². The van der Waals surface area contributed by atoms with E-state index in [-0.39, 0.29) is 0 Å². The zero-order valence-corrected chi connectivity index (χ0v) is 8.54. The Morgan fingerprint density at radius 2 is 2.38 bits per heavy atom. The van der Waals surface area contributed by atoms with Gasteiger partial charge in [0.2, 0.25) is 0 Å². The summed E-state index contributed by atoms with van der Waals surface area (Å²) in [6, 6.07) is 1.92. The first-order chi connectivity index (χ1) is 6.36. The van der Waals surface area contributed by atoms with E-state index in [1.807, 2.05) is 25.3 Å². The molecule has 0 aliphatic carbocycles. The molecule has 0 aromatic carbocycles. The second-order valence-corrected chi connectivity index (χ2v) is 3.07. The van der Waals surface area contributed by atoms with Gasteiger partial charge >= 0.3 is 0 Å². The molecular weight excluding hydrogens is 184 g/mol. The van der Waals surface area contributed by atoms with E-state index in [0.717, 1.165) is 10.7 Å². The highest BCUT2D eigenvalue weighted by atomic mass is 32.2. The maximum Gasteiger partial charge on any atom is 0.117 e. The minimum absolute atomic E-state index is 0.678. The number of aromatic nitrogens is 2. The zero-order chi connectivity index (χ0) is 9.52. The molecule has 0 fully saturated rings. The van der Waals surface area contributed by atoms with Gasteiger partial charge in [0.05, 0.1) is 23.6 Å². The number of hydrogen-bond donors (Lipinski definition) is 0. The van der Waals surface area contributed by atoms with Crippen LogP contribution in [0, 0.1) is 0 Å². The fourth-order valence-corrected chi connectivity index (χ4v) is 1.16. The van der Waals surface area contributed by atoms with Gasteiger partial charge in [-0.25, -0.2) is 9.97 Å². The number of ether oxygens (including phenoxy) is 1. The molecule has 0 unspecified atom stereocenters. The summed E-state index contributed by atoms with van der Waals surface area (Å²) in [5.74, 6) is 0. The molecule has 0 N–H and O–H groups in total. The summed E-state index contributed by atoms with van der Waals surface area (Å²) in [7, 11) is 0. The van der Waals surface area contributed by atoms with Crippen molar-refractivity contribution in [3.05, 3.63) is 24.3 Å². The molecule has 0 bridgehead atoms. The van der Waals surface area contributed by atoms with Crippen LogP contribution in [0.25, 0.3) is 6.08 Å². The number of hydrogen-bond acceptors (Lipinski definition) is 4. The molecule has 1 heterocycles. The van der Waals surface area contributed by atoms with E-state index in [1.54, 1.807) is 24.4 Å².